The molecule has 1 spiro atoms. The second-order valence-corrected chi connectivity index (χ2v) is 17.8. The molecule has 2 heterocycles. The Morgan fingerprint density at radius 2 is 0.953 bits per heavy atom. The fourth-order valence-corrected chi connectivity index (χ4v) is 11.9. The summed E-state index contributed by atoms with van der Waals surface area (Å²) in [4.78, 5) is 5.09. The van der Waals surface area contributed by atoms with Crippen LogP contribution in [0.3, 0.4) is 0 Å². The van der Waals surface area contributed by atoms with Crippen LogP contribution in [0.4, 0.5) is 17.1 Å². The molecule has 2 aliphatic rings. The van der Waals surface area contributed by atoms with Crippen molar-refractivity contribution in [3.05, 3.63) is 259 Å². The van der Waals surface area contributed by atoms with Crippen molar-refractivity contribution in [1.82, 2.24) is 0 Å². The molecule has 2 nitrogen and oxygen atoms in total. The maximum atomic E-state index is 6.93. The summed E-state index contributed by atoms with van der Waals surface area (Å²) in [6, 6.07) is 86.4. The Morgan fingerprint density at radius 1 is 0.359 bits per heavy atom. The fraction of sp³-hybridized carbons (Fsp3) is 0.0164. The average molecular weight is 834 g/mol. The van der Waals surface area contributed by atoms with E-state index in [1.807, 2.05) is 11.8 Å². The molecule has 64 heavy (non-hydrogen) atoms. The number of fused-ring (bicyclic) bond motifs is 11. The third kappa shape index (κ3) is 5.48. The van der Waals surface area contributed by atoms with E-state index < -0.39 is 5.41 Å². The van der Waals surface area contributed by atoms with Crippen LogP contribution < -0.4 is 4.90 Å². The normalized spacial score (nSPS) is 13.1. The number of rotatable bonds is 6. The van der Waals surface area contributed by atoms with Crippen molar-refractivity contribution in [3.8, 4) is 44.7 Å². The lowest BCUT2D eigenvalue weighted by Gasteiger charge is -2.39. The predicted octanol–water partition coefficient (Wildman–Crippen LogP) is 16.9. The van der Waals surface area contributed by atoms with Gasteiger partial charge < -0.3 is 9.32 Å². The van der Waals surface area contributed by atoms with Crippen LogP contribution in [0.2, 0.25) is 0 Å². The first kappa shape index (κ1) is 36.8. The SMILES string of the molecule is c1ccc(-c2ccc3cc(-c4ccccc4N(c4cccc5c4-c4ccccc4C54c5ccccc5Sc5ccccc54)c4ccc(-c5ccccc5)c5ccccc45)oc3c2)cc1. The van der Waals surface area contributed by atoms with Crippen LogP contribution in [0.5, 0.6) is 0 Å². The topological polar surface area (TPSA) is 16.4 Å². The van der Waals surface area contributed by atoms with Crippen LogP contribution >= 0.6 is 11.8 Å². The molecule has 1 aromatic heterocycles. The minimum atomic E-state index is -0.514. The number of nitrogens with zero attached hydrogens (tertiary/aromatic N) is 1. The van der Waals surface area contributed by atoms with Gasteiger partial charge in [0.25, 0.3) is 0 Å². The van der Waals surface area contributed by atoms with Gasteiger partial charge in [0.1, 0.15) is 11.3 Å². The van der Waals surface area contributed by atoms with Gasteiger partial charge in [-0.1, -0.05) is 200 Å². The van der Waals surface area contributed by atoms with Crippen molar-refractivity contribution in [1.29, 1.82) is 0 Å². The van der Waals surface area contributed by atoms with Crippen molar-refractivity contribution in [2.45, 2.75) is 15.2 Å². The molecule has 0 unspecified atom stereocenters. The second-order valence-electron chi connectivity index (χ2n) is 16.7. The number of hydrogen-bond acceptors (Lipinski definition) is 3. The maximum absolute atomic E-state index is 6.93. The molecule has 1 aliphatic carbocycles. The number of benzene rings is 10. The molecular formula is C61H39NOS. The third-order valence-electron chi connectivity index (χ3n) is 13.4. The maximum Gasteiger partial charge on any atom is 0.137 e. The van der Waals surface area contributed by atoms with E-state index in [-0.39, 0.29) is 0 Å². The van der Waals surface area contributed by atoms with Crippen molar-refractivity contribution in [3.63, 3.8) is 0 Å². The highest BCUT2D eigenvalue weighted by atomic mass is 32.2. The highest BCUT2D eigenvalue weighted by Gasteiger charge is 2.51. The molecule has 0 amide bonds. The number of hydrogen-bond donors (Lipinski definition) is 0. The molecule has 0 N–H and O–H groups in total. The van der Waals surface area contributed by atoms with E-state index in [9.17, 15) is 0 Å². The monoisotopic (exact) mass is 833 g/mol. The van der Waals surface area contributed by atoms with Crippen LogP contribution in [0.25, 0.3) is 66.4 Å². The zero-order chi connectivity index (χ0) is 42.2. The lowest BCUT2D eigenvalue weighted by atomic mass is 9.67. The predicted molar refractivity (Wildman–Crippen MR) is 266 cm³/mol. The van der Waals surface area contributed by atoms with Crippen LogP contribution in [-0.2, 0) is 5.41 Å². The van der Waals surface area contributed by atoms with E-state index in [1.54, 1.807) is 0 Å². The lowest BCUT2D eigenvalue weighted by Crippen LogP contribution is -2.32. The van der Waals surface area contributed by atoms with E-state index in [2.05, 4.69) is 241 Å². The van der Waals surface area contributed by atoms with E-state index >= 15 is 0 Å². The lowest BCUT2D eigenvalue weighted by molar-refractivity contribution is 0.632. The molecule has 0 bridgehead atoms. The van der Waals surface area contributed by atoms with Crippen molar-refractivity contribution in [2.24, 2.45) is 0 Å². The van der Waals surface area contributed by atoms with E-state index in [4.69, 9.17) is 4.42 Å². The van der Waals surface area contributed by atoms with Gasteiger partial charge in [0.2, 0.25) is 0 Å². The molecule has 0 saturated heterocycles. The zero-order valence-corrected chi connectivity index (χ0v) is 35.6. The third-order valence-corrected chi connectivity index (χ3v) is 14.5. The smallest absolute Gasteiger partial charge is 0.137 e. The van der Waals surface area contributed by atoms with E-state index in [1.165, 1.54) is 65.1 Å². The summed E-state index contributed by atoms with van der Waals surface area (Å²) in [5.41, 5.74) is 17.0. The van der Waals surface area contributed by atoms with Crippen molar-refractivity contribution >= 4 is 50.6 Å². The minimum Gasteiger partial charge on any atom is -0.456 e. The van der Waals surface area contributed by atoms with Crippen molar-refractivity contribution < 1.29 is 4.42 Å². The highest BCUT2D eigenvalue weighted by Crippen LogP contribution is 2.64. The quantitative estimate of drug-likeness (QED) is 0.166. The summed E-state index contributed by atoms with van der Waals surface area (Å²) in [6.07, 6.45) is 0. The summed E-state index contributed by atoms with van der Waals surface area (Å²) in [5.74, 6) is 0.822. The molecule has 0 fully saturated rings. The van der Waals surface area contributed by atoms with Gasteiger partial charge in [-0.2, -0.15) is 0 Å². The summed E-state index contributed by atoms with van der Waals surface area (Å²) >= 11 is 1.88. The van der Waals surface area contributed by atoms with Gasteiger partial charge in [0.15, 0.2) is 0 Å². The minimum absolute atomic E-state index is 0.514. The van der Waals surface area contributed by atoms with Crippen LogP contribution in [0, 0.1) is 0 Å². The fourth-order valence-electron chi connectivity index (χ4n) is 10.7. The Kier molecular flexibility index (Phi) is 8.40. The summed E-state index contributed by atoms with van der Waals surface area (Å²) in [6.45, 7) is 0. The largest absolute Gasteiger partial charge is 0.456 e. The summed E-state index contributed by atoms with van der Waals surface area (Å²) in [7, 11) is 0. The molecular weight excluding hydrogens is 795 g/mol. The van der Waals surface area contributed by atoms with E-state index in [0.29, 0.717) is 0 Å². The van der Waals surface area contributed by atoms with Gasteiger partial charge in [-0.05, 0) is 104 Å². The Bertz CT molecular complexity index is 3560. The van der Waals surface area contributed by atoms with Crippen LogP contribution in [-0.4, -0.2) is 0 Å². The molecule has 300 valence electrons. The first-order valence-electron chi connectivity index (χ1n) is 21.9. The Morgan fingerprint density at radius 3 is 1.72 bits per heavy atom. The molecule has 0 atom stereocenters. The van der Waals surface area contributed by atoms with Crippen LogP contribution in [0.15, 0.2) is 251 Å². The zero-order valence-electron chi connectivity index (χ0n) is 34.8. The molecule has 13 rings (SSSR count). The molecule has 3 heteroatoms. The first-order chi connectivity index (χ1) is 31.8. The van der Waals surface area contributed by atoms with Gasteiger partial charge >= 0.3 is 0 Å². The summed E-state index contributed by atoms with van der Waals surface area (Å²) < 4.78 is 6.93. The number of para-hydroxylation sites is 1. The Hall–Kier alpha value is -7.85. The average Bonchev–Trinajstić information content (AvgIpc) is 3.93. The molecule has 11 aromatic rings. The standard InChI is InChI=1S/C61H39NOS/c1-3-18-40(19-4-1)42-34-35-43-39-57(63-56(43)38-42)48-25-10-14-30-53(48)62(54-37-36-44(41-20-5-2-6-21-41)45-22-7-8-23-46(45)54)55-31-17-29-52-60(55)47-24-9-11-26-49(47)61(52)50-27-12-15-32-58(50)64-59-33-16-13-28-51(59)61/h1-39H. The Labute approximate surface area is 376 Å². The number of furan rings is 1. The first-order valence-corrected chi connectivity index (χ1v) is 22.7. The van der Waals surface area contributed by atoms with Crippen molar-refractivity contribution in [2.75, 3.05) is 4.90 Å². The second kappa shape index (κ2) is 14.6. The highest BCUT2D eigenvalue weighted by molar-refractivity contribution is 7.99. The van der Waals surface area contributed by atoms with Gasteiger partial charge in [-0.25, -0.2) is 0 Å². The molecule has 0 saturated carbocycles. The van der Waals surface area contributed by atoms with Gasteiger partial charge in [-0.3, -0.25) is 0 Å². The molecule has 10 aromatic carbocycles. The summed E-state index contributed by atoms with van der Waals surface area (Å²) in [5, 5.41) is 3.43. The van der Waals surface area contributed by atoms with E-state index in [0.717, 1.165) is 50.5 Å². The Balaban J connectivity index is 1.10. The molecule has 1 aliphatic heterocycles. The van der Waals surface area contributed by atoms with Gasteiger partial charge in [-0.15, -0.1) is 0 Å². The number of anilines is 3. The van der Waals surface area contributed by atoms with Gasteiger partial charge in [0.05, 0.1) is 22.5 Å². The van der Waals surface area contributed by atoms with Gasteiger partial charge in [0, 0.05) is 31.7 Å². The molecule has 0 radical (unpaired) electrons. The van der Waals surface area contributed by atoms with Crippen LogP contribution in [0.1, 0.15) is 22.3 Å².